The van der Waals surface area contributed by atoms with Crippen LogP contribution in [0.3, 0.4) is 0 Å². The van der Waals surface area contributed by atoms with Gasteiger partial charge in [0.1, 0.15) is 24.0 Å². The summed E-state index contributed by atoms with van der Waals surface area (Å²) in [4.78, 5) is 9.51. The Labute approximate surface area is 289 Å². The average Bonchev–Trinajstić information content (AvgIpc) is 3.84. The minimum atomic E-state index is 0.710. The average molecular weight is 646 g/mol. The third-order valence-electron chi connectivity index (χ3n) is 9.61. The van der Waals surface area contributed by atoms with E-state index >= 15 is 0 Å². The summed E-state index contributed by atoms with van der Waals surface area (Å²) in [6.07, 6.45) is 1.85. The molecule has 0 saturated carbocycles. The lowest BCUT2D eigenvalue weighted by Crippen LogP contribution is -2.23. The van der Waals surface area contributed by atoms with Crippen molar-refractivity contribution in [1.82, 2.24) is 14.1 Å². The van der Waals surface area contributed by atoms with E-state index in [9.17, 15) is 0 Å². The maximum absolute atomic E-state index is 6.67. The zero-order valence-corrected chi connectivity index (χ0v) is 27.1. The molecule has 3 aromatic heterocycles. The van der Waals surface area contributed by atoms with Gasteiger partial charge in [-0.05, 0) is 78.9 Å². The Kier molecular flexibility index (Phi) is 6.45. The van der Waals surface area contributed by atoms with Crippen LogP contribution in [0.5, 0.6) is 11.5 Å². The zero-order chi connectivity index (χ0) is 33.0. The van der Waals surface area contributed by atoms with E-state index in [0.29, 0.717) is 6.67 Å². The first-order chi connectivity index (χ1) is 24.8. The fourth-order valence-electron chi connectivity index (χ4n) is 7.46. The molecule has 50 heavy (non-hydrogen) atoms. The lowest BCUT2D eigenvalue weighted by atomic mass is 10.2. The minimum absolute atomic E-state index is 0.710. The largest absolute Gasteiger partial charge is 0.457 e. The summed E-state index contributed by atoms with van der Waals surface area (Å²) >= 11 is 0. The van der Waals surface area contributed by atoms with Crippen molar-refractivity contribution in [2.45, 2.75) is 0 Å². The second-order valence-electron chi connectivity index (χ2n) is 12.5. The predicted octanol–water partition coefficient (Wildman–Crippen LogP) is 11.2. The maximum Gasteiger partial charge on any atom is 0.137 e. The molecule has 6 nitrogen and oxygen atoms in total. The van der Waals surface area contributed by atoms with Gasteiger partial charge in [0, 0.05) is 46.2 Å². The SMILES string of the molecule is c1ccc(N2CN(c3cccc(Oc4ccc5c(c4)n(-c4ccccn4)c4c6ccccc6n(-c6ccccc6)c54)c3)c3ccccc32)cc1. The molecule has 0 spiro atoms. The Bertz CT molecular complexity index is 2660. The predicted molar refractivity (Wildman–Crippen MR) is 204 cm³/mol. The molecule has 0 unspecified atom stereocenters. The monoisotopic (exact) mass is 645 g/mol. The van der Waals surface area contributed by atoms with Crippen molar-refractivity contribution in [3.63, 3.8) is 0 Å². The molecule has 1 aliphatic heterocycles. The van der Waals surface area contributed by atoms with Crippen molar-refractivity contribution < 1.29 is 4.74 Å². The summed E-state index contributed by atoms with van der Waals surface area (Å²) in [5.74, 6) is 2.39. The second kappa shape index (κ2) is 11.4. The normalized spacial score (nSPS) is 12.6. The van der Waals surface area contributed by atoms with Gasteiger partial charge in [-0.25, -0.2) is 4.98 Å². The highest BCUT2D eigenvalue weighted by Gasteiger charge is 2.28. The molecule has 0 atom stereocenters. The summed E-state index contributed by atoms with van der Waals surface area (Å²) in [5, 5.41) is 2.29. The Morgan fingerprint density at radius 3 is 1.84 bits per heavy atom. The molecule has 4 heterocycles. The number of benzene rings is 6. The van der Waals surface area contributed by atoms with Gasteiger partial charge >= 0.3 is 0 Å². The van der Waals surface area contributed by atoms with Gasteiger partial charge in [0.2, 0.25) is 0 Å². The Morgan fingerprint density at radius 1 is 0.440 bits per heavy atom. The first-order valence-electron chi connectivity index (χ1n) is 16.8. The van der Waals surface area contributed by atoms with Crippen LogP contribution in [0.4, 0.5) is 22.7 Å². The highest BCUT2D eigenvalue weighted by molar-refractivity contribution is 6.20. The topological polar surface area (TPSA) is 38.5 Å². The van der Waals surface area contributed by atoms with E-state index in [1.165, 1.54) is 22.4 Å². The van der Waals surface area contributed by atoms with E-state index < -0.39 is 0 Å². The summed E-state index contributed by atoms with van der Waals surface area (Å²) in [5.41, 5.74) is 10.2. The maximum atomic E-state index is 6.67. The van der Waals surface area contributed by atoms with Crippen molar-refractivity contribution in [3.05, 3.63) is 176 Å². The Balaban J connectivity index is 1.09. The van der Waals surface area contributed by atoms with Crippen LogP contribution in [0.2, 0.25) is 0 Å². The highest BCUT2D eigenvalue weighted by atomic mass is 16.5. The van der Waals surface area contributed by atoms with Crippen LogP contribution in [-0.4, -0.2) is 20.8 Å². The van der Waals surface area contributed by atoms with Gasteiger partial charge in [0.25, 0.3) is 0 Å². The van der Waals surface area contributed by atoms with Crippen LogP contribution in [0, 0.1) is 0 Å². The molecular formula is C44H31N5O. The number of hydrogen-bond acceptors (Lipinski definition) is 4. The van der Waals surface area contributed by atoms with E-state index in [2.05, 4.69) is 171 Å². The van der Waals surface area contributed by atoms with E-state index in [0.717, 1.165) is 56.1 Å². The molecule has 0 radical (unpaired) electrons. The van der Waals surface area contributed by atoms with E-state index in [1.54, 1.807) is 0 Å². The number of rotatable bonds is 6. The molecule has 6 heteroatoms. The fourth-order valence-corrected chi connectivity index (χ4v) is 7.46. The lowest BCUT2D eigenvalue weighted by molar-refractivity contribution is 0.483. The van der Waals surface area contributed by atoms with E-state index in [-0.39, 0.29) is 0 Å². The van der Waals surface area contributed by atoms with Crippen LogP contribution in [0.25, 0.3) is 44.3 Å². The third-order valence-corrected chi connectivity index (χ3v) is 9.61. The van der Waals surface area contributed by atoms with Crippen molar-refractivity contribution in [2.75, 3.05) is 16.5 Å². The standard InChI is InChI=1S/C44H31N5O/c1-3-14-31(15-4-1)46-30-47(40-23-10-9-22-39(40)46)33-18-13-19-34(28-33)50-35-25-26-37-41(29-35)49(42-24-11-12-27-45-42)44-36-20-7-8-21-38(36)48(43(37)44)32-16-5-2-6-17-32/h1-29H,30H2. The molecule has 0 amide bonds. The van der Waals surface area contributed by atoms with Gasteiger partial charge in [0.15, 0.2) is 0 Å². The van der Waals surface area contributed by atoms with Crippen LogP contribution < -0.4 is 14.5 Å². The number of fused-ring (bicyclic) bond motifs is 6. The number of ether oxygens (including phenoxy) is 1. The van der Waals surface area contributed by atoms with Gasteiger partial charge in [-0.1, -0.05) is 78.9 Å². The number of nitrogens with zero attached hydrogens (tertiary/aromatic N) is 5. The van der Waals surface area contributed by atoms with Crippen molar-refractivity contribution in [3.8, 4) is 23.0 Å². The van der Waals surface area contributed by atoms with E-state index in [4.69, 9.17) is 9.72 Å². The first-order valence-corrected chi connectivity index (χ1v) is 16.8. The quantitative estimate of drug-likeness (QED) is 0.180. The number of hydrogen-bond donors (Lipinski definition) is 0. The van der Waals surface area contributed by atoms with Gasteiger partial charge in [-0.3, -0.25) is 4.57 Å². The van der Waals surface area contributed by atoms with Crippen molar-refractivity contribution in [2.24, 2.45) is 0 Å². The molecule has 0 fully saturated rings. The molecule has 0 bridgehead atoms. The van der Waals surface area contributed by atoms with E-state index in [1.807, 2.05) is 24.4 Å². The van der Waals surface area contributed by atoms with Gasteiger partial charge in [-0.15, -0.1) is 0 Å². The van der Waals surface area contributed by atoms with Crippen molar-refractivity contribution in [1.29, 1.82) is 0 Å². The van der Waals surface area contributed by atoms with Gasteiger partial charge < -0.3 is 19.1 Å². The number of para-hydroxylation sites is 5. The molecule has 0 saturated heterocycles. The van der Waals surface area contributed by atoms with Crippen LogP contribution in [0.1, 0.15) is 0 Å². The molecule has 10 rings (SSSR count). The fraction of sp³-hybridized carbons (Fsp3) is 0.0227. The highest BCUT2D eigenvalue weighted by Crippen LogP contribution is 2.45. The first kappa shape index (κ1) is 28.2. The summed E-state index contributed by atoms with van der Waals surface area (Å²) in [6.45, 7) is 0.710. The minimum Gasteiger partial charge on any atom is -0.457 e. The molecule has 6 aromatic carbocycles. The van der Waals surface area contributed by atoms with Gasteiger partial charge in [-0.2, -0.15) is 0 Å². The van der Waals surface area contributed by atoms with Crippen molar-refractivity contribution >= 4 is 55.6 Å². The Hall–Kier alpha value is -6.79. The number of pyridine rings is 1. The molecule has 1 aliphatic rings. The molecule has 0 N–H and O–H groups in total. The van der Waals surface area contributed by atoms with Crippen LogP contribution in [0.15, 0.2) is 176 Å². The number of anilines is 4. The van der Waals surface area contributed by atoms with Gasteiger partial charge in [0.05, 0.1) is 33.4 Å². The molecular weight excluding hydrogens is 615 g/mol. The zero-order valence-electron chi connectivity index (χ0n) is 27.1. The molecule has 9 aromatic rings. The molecule has 0 aliphatic carbocycles. The Morgan fingerprint density at radius 2 is 1.06 bits per heavy atom. The third kappa shape index (κ3) is 4.46. The summed E-state index contributed by atoms with van der Waals surface area (Å²) < 4.78 is 11.3. The molecule has 238 valence electrons. The summed E-state index contributed by atoms with van der Waals surface area (Å²) in [6, 6.07) is 59.1. The second-order valence-corrected chi connectivity index (χ2v) is 12.5. The van der Waals surface area contributed by atoms with Crippen LogP contribution >= 0.6 is 0 Å². The summed E-state index contributed by atoms with van der Waals surface area (Å²) in [7, 11) is 0. The van der Waals surface area contributed by atoms with Crippen LogP contribution in [-0.2, 0) is 0 Å². The number of aromatic nitrogens is 3. The lowest BCUT2D eigenvalue weighted by Gasteiger charge is -2.22. The smallest absolute Gasteiger partial charge is 0.137 e.